The number of aliphatic carboxylic acids is 1. The van der Waals surface area contributed by atoms with E-state index >= 15 is 0 Å². The zero-order chi connectivity index (χ0) is 15.6. The van der Waals surface area contributed by atoms with Crippen LogP contribution in [0.3, 0.4) is 0 Å². The van der Waals surface area contributed by atoms with Gasteiger partial charge in [-0.25, -0.2) is 22.8 Å². The van der Waals surface area contributed by atoms with Crippen LogP contribution < -0.4 is 5.32 Å². The molecule has 114 valence electrons. The van der Waals surface area contributed by atoms with Crippen LogP contribution in [-0.2, 0) is 9.53 Å². The molecule has 2 amide bonds. The summed E-state index contributed by atoms with van der Waals surface area (Å²) in [5.41, 5.74) is -0.530. The minimum atomic E-state index is -1.37. The third kappa shape index (κ3) is 3.43. The fourth-order valence-electron chi connectivity index (χ4n) is 1.80. The maximum atomic E-state index is 13.4. The molecule has 1 aliphatic heterocycles. The Morgan fingerprint density at radius 3 is 2.57 bits per heavy atom. The topological polar surface area (TPSA) is 78.9 Å². The molecule has 9 heteroatoms. The van der Waals surface area contributed by atoms with Gasteiger partial charge in [0.1, 0.15) is 5.82 Å². The number of carbonyl (C=O) groups is 2. The second kappa shape index (κ2) is 6.00. The van der Waals surface area contributed by atoms with E-state index in [-0.39, 0.29) is 19.7 Å². The van der Waals surface area contributed by atoms with Crippen molar-refractivity contribution in [2.45, 2.75) is 6.10 Å². The standard InChI is InChI=1S/C12H11F3N2O4/c13-6-3-8(15)9(4-7(6)14)16-12(20)17-1-2-21-10(5-17)11(18)19/h3-4,10H,1-2,5H2,(H,16,20)(H,18,19). The van der Waals surface area contributed by atoms with Crippen molar-refractivity contribution in [3.8, 4) is 0 Å². The first kappa shape index (κ1) is 15.1. The van der Waals surface area contributed by atoms with Gasteiger partial charge in [0.05, 0.1) is 18.8 Å². The fourth-order valence-corrected chi connectivity index (χ4v) is 1.80. The molecule has 1 aromatic rings. The van der Waals surface area contributed by atoms with E-state index in [2.05, 4.69) is 5.32 Å². The predicted molar refractivity (Wildman–Crippen MR) is 64.3 cm³/mol. The summed E-state index contributed by atoms with van der Waals surface area (Å²) < 4.78 is 44.1. The lowest BCUT2D eigenvalue weighted by Crippen LogP contribution is -2.50. The summed E-state index contributed by atoms with van der Waals surface area (Å²) in [7, 11) is 0. The Morgan fingerprint density at radius 1 is 1.24 bits per heavy atom. The smallest absolute Gasteiger partial charge is 0.334 e. The number of hydrogen-bond acceptors (Lipinski definition) is 3. The fraction of sp³-hybridized carbons (Fsp3) is 0.333. The maximum absolute atomic E-state index is 13.4. The highest BCUT2D eigenvalue weighted by molar-refractivity contribution is 5.90. The Bertz CT molecular complexity index is 582. The molecule has 1 atom stereocenters. The Morgan fingerprint density at radius 2 is 1.90 bits per heavy atom. The summed E-state index contributed by atoms with van der Waals surface area (Å²) in [6.45, 7) is -0.127. The maximum Gasteiger partial charge on any atom is 0.334 e. The van der Waals surface area contributed by atoms with Crippen molar-refractivity contribution >= 4 is 17.7 Å². The average Bonchev–Trinajstić information content (AvgIpc) is 2.44. The number of rotatable bonds is 2. The number of anilines is 1. The molecule has 0 aromatic heterocycles. The van der Waals surface area contributed by atoms with Crippen LogP contribution in [0.1, 0.15) is 0 Å². The largest absolute Gasteiger partial charge is 0.479 e. The van der Waals surface area contributed by atoms with Crippen LogP contribution in [0.5, 0.6) is 0 Å². The predicted octanol–water partition coefficient (Wildman–Crippen LogP) is 1.42. The molecule has 0 aliphatic carbocycles. The molecular formula is C12H11F3N2O4. The molecule has 0 radical (unpaired) electrons. The molecule has 2 N–H and O–H groups in total. The number of hydrogen-bond donors (Lipinski definition) is 2. The van der Waals surface area contributed by atoms with Crippen LogP contribution in [0, 0.1) is 17.5 Å². The van der Waals surface area contributed by atoms with Crippen LogP contribution in [-0.4, -0.2) is 47.8 Å². The number of amides is 2. The van der Waals surface area contributed by atoms with Gasteiger partial charge in [-0.15, -0.1) is 0 Å². The molecule has 1 unspecified atom stereocenters. The molecule has 1 aliphatic rings. The summed E-state index contributed by atoms with van der Waals surface area (Å²) in [6.07, 6.45) is -1.18. The van der Waals surface area contributed by atoms with Gasteiger partial charge in [-0.2, -0.15) is 0 Å². The zero-order valence-corrected chi connectivity index (χ0v) is 10.6. The van der Waals surface area contributed by atoms with E-state index in [1.807, 2.05) is 0 Å². The van der Waals surface area contributed by atoms with Gasteiger partial charge in [0.2, 0.25) is 0 Å². The summed E-state index contributed by atoms with van der Waals surface area (Å²) in [5.74, 6) is -5.04. The number of benzene rings is 1. The van der Waals surface area contributed by atoms with Gasteiger partial charge in [-0.3, -0.25) is 0 Å². The Hall–Kier alpha value is -2.29. The van der Waals surface area contributed by atoms with Gasteiger partial charge >= 0.3 is 12.0 Å². The molecule has 0 saturated carbocycles. The van der Waals surface area contributed by atoms with Crippen molar-refractivity contribution in [2.75, 3.05) is 25.0 Å². The number of nitrogens with zero attached hydrogens (tertiary/aromatic N) is 1. The van der Waals surface area contributed by atoms with Gasteiger partial charge in [0.15, 0.2) is 17.7 Å². The zero-order valence-electron chi connectivity index (χ0n) is 10.6. The van der Waals surface area contributed by atoms with E-state index in [0.717, 1.165) is 4.90 Å². The number of carboxylic acids is 1. The van der Waals surface area contributed by atoms with Gasteiger partial charge in [0, 0.05) is 18.7 Å². The number of carboxylic acid groups (broad SMARTS) is 1. The molecule has 1 saturated heterocycles. The van der Waals surface area contributed by atoms with Crippen molar-refractivity contribution in [3.63, 3.8) is 0 Å². The van der Waals surface area contributed by atoms with Crippen LogP contribution in [0.25, 0.3) is 0 Å². The van der Waals surface area contributed by atoms with Crippen LogP contribution in [0.15, 0.2) is 12.1 Å². The second-order valence-electron chi connectivity index (χ2n) is 4.32. The molecule has 2 rings (SSSR count). The normalized spacial score (nSPS) is 18.4. The van der Waals surface area contributed by atoms with Gasteiger partial charge in [0.25, 0.3) is 0 Å². The third-order valence-electron chi connectivity index (χ3n) is 2.88. The number of urea groups is 1. The van der Waals surface area contributed by atoms with Crippen LogP contribution in [0.4, 0.5) is 23.7 Å². The highest BCUT2D eigenvalue weighted by Gasteiger charge is 2.29. The first-order chi connectivity index (χ1) is 9.88. The molecule has 1 heterocycles. The summed E-state index contributed by atoms with van der Waals surface area (Å²) in [5, 5.41) is 10.9. The number of morpholine rings is 1. The van der Waals surface area contributed by atoms with Gasteiger partial charge in [-0.1, -0.05) is 0 Å². The van der Waals surface area contributed by atoms with Gasteiger partial charge < -0.3 is 20.1 Å². The highest BCUT2D eigenvalue weighted by atomic mass is 19.2. The molecular weight excluding hydrogens is 293 g/mol. The SMILES string of the molecule is O=C(O)C1CN(C(=O)Nc2cc(F)c(F)cc2F)CCO1. The quantitative estimate of drug-likeness (QED) is 0.810. The highest BCUT2D eigenvalue weighted by Crippen LogP contribution is 2.19. The van der Waals surface area contributed by atoms with Crippen molar-refractivity contribution in [1.82, 2.24) is 4.90 Å². The minimum Gasteiger partial charge on any atom is -0.479 e. The minimum absolute atomic E-state index is 0.00461. The Kier molecular flexibility index (Phi) is 4.32. The first-order valence-electron chi connectivity index (χ1n) is 5.93. The molecule has 1 aromatic carbocycles. The van der Waals surface area contributed by atoms with Gasteiger partial charge in [-0.05, 0) is 0 Å². The molecule has 0 bridgehead atoms. The van der Waals surface area contributed by atoms with E-state index in [4.69, 9.17) is 9.84 Å². The second-order valence-corrected chi connectivity index (χ2v) is 4.32. The lowest BCUT2D eigenvalue weighted by molar-refractivity contribution is -0.154. The van der Waals surface area contributed by atoms with Crippen molar-refractivity contribution in [1.29, 1.82) is 0 Å². The lowest BCUT2D eigenvalue weighted by Gasteiger charge is -2.30. The average molecular weight is 304 g/mol. The summed E-state index contributed by atoms with van der Waals surface area (Å²) in [6, 6.07) is -0.00314. The van der Waals surface area contributed by atoms with E-state index in [9.17, 15) is 22.8 Å². The van der Waals surface area contributed by atoms with Crippen molar-refractivity contribution in [2.24, 2.45) is 0 Å². The molecule has 0 spiro atoms. The monoisotopic (exact) mass is 304 g/mol. The summed E-state index contributed by atoms with van der Waals surface area (Å²) >= 11 is 0. The Balaban J connectivity index is 2.07. The number of carbonyl (C=O) groups excluding carboxylic acids is 1. The number of halogens is 3. The first-order valence-corrected chi connectivity index (χ1v) is 5.93. The number of nitrogens with one attached hydrogen (secondary N) is 1. The summed E-state index contributed by atoms with van der Waals surface area (Å²) in [4.78, 5) is 23.7. The van der Waals surface area contributed by atoms with Crippen LogP contribution >= 0.6 is 0 Å². The third-order valence-corrected chi connectivity index (χ3v) is 2.88. The Labute approximate surface area is 117 Å². The van der Waals surface area contributed by atoms with E-state index in [0.29, 0.717) is 12.1 Å². The van der Waals surface area contributed by atoms with Crippen LogP contribution in [0.2, 0.25) is 0 Å². The van der Waals surface area contributed by atoms with Crippen molar-refractivity contribution in [3.05, 3.63) is 29.6 Å². The van der Waals surface area contributed by atoms with Crippen molar-refractivity contribution < 1.29 is 32.6 Å². The van der Waals surface area contributed by atoms with E-state index < -0.39 is 41.2 Å². The number of ether oxygens (including phenoxy) is 1. The molecule has 6 nitrogen and oxygen atoms in total. The van der Waals surface area contributed by atoms with E-state index in [1.54, 1.807) is 0 Å². The molecule has 1 fully saturated rings. The van der Waals surface area contributed by atoms with E-state index in [1.165, 1.54) is 0 Å². The molecule has 21 heavy (non-hydrogen) atoms. The lowest BCUT2D eigenvalue weighted by atomic mass is 10.2.